The molecule has 0 aliphatic heterocycles. The van der Waals surface area contributed by atoms with Gasteiger partial charge in [0.15, 0.2) is 0 Å². The van der Waals surface area contributed by atoms with E-state index in [4.69, 9.17) is 5.73 Å². The number of alkyl halides is 3. The number of ether oxygens (including phenoxy) is 1. The standard InChI is InChI=1S/C14H14F3N3O2S.ClH/c15-14(16,17)22-10-3-1-9(2-4-10)5-6-19-13(21)11-8-23-12(7-18)20-11;/h1-4,8H,5-7,18H2,(H,19,21);1H. The first kappa shape index (κ1) is 20.2. The zero-order valence-electron chi connectivity index (χ0n) is 12.3. The first-order valence-electron chi connectivity index (χ1n) is 6.65. The zero-order valence-corrected chi connectivity index (χ0v) is 13.9. The third-order valence-corrected chi connectivity index (χ3v) is 3.69. The van der Waals surface area contributed by atoms with E-state index in [-0.39, 0.29) is 30.6 Å². The Morgan fingerprint density at radius 1 is 1.29 bits per heavy atom. The fourth-order valence-electron chi connectivity index (χ4n) is 1.78. The number of nitrogens with zero attached hydrogens (tertiary/aromatic N) is 1. The van der Waals surface area contributed by atoms with Crippen LogP contribution in [0.4, 0.5) is 13.2 Å². The van der Waals surface area contributed by atoms with Gasteiger partial charge in [-0.1, -0.05) is 12.1 Å². The number of hydrogen-bond acceptors (Lipinski definition) is 5. The first-order chi connectivity index (χ1) is 10.9. The molecule has 0 aliphatic carbocycles. The maximum Gasteiger partial charge on any atom is 0.573 e. The van der Waals surface area contributed by atoms with Gasteiger partial charge in [0.05, 0.1) is 0 Å². The van der Waals surface area contributed by atoms with Gasteiger partial charge in [-0.2, -0.15) is 0 Å². The Balaban J connectivity index is 0.00000288. The smallest absolute Gasteiger partial charge is 0.406 e. The van der Waals surface area contributed by atoms with Crippen molar-refractivity contribution in [2.24, 2.45) is 5.73 Å². The normalized spacial score (nSPS) is 10.8. The summed E-state index contributed by atoms with van der Waals surface area (Å²) in [6.45, 7) is 0.623. The lowest BCUT2D eigenvalue weighted by molar-refractivity contribution is -0.274. The Morgan fingerprint density at radius 2 is 1.96 bits per heavy atom. The molecule has 1 aromatic carbocycles. The summed E-state index contributed by atoms with van der Waals surface area (Å²) >= 11 is 1.31. The Hall–Kier alpha value is -1.84. The number of nitrogens with one attached hydrogen (secondary N) is 1. The Labute approximate surface area is 146 Å². The number of halogens is 4. The second kappa shape index (κ2) is 8.86. The molecular weight excluding hydrogens is 367 g/mol. The number of thiazole rings is 1. The summed E-state index contributed by atoms with van der Waals surface area (Å²) < 4.78 is 39.9. The second-order valence-corrected chi connectivity index (χ2v) is 5.47. The molecule has 0 saturated carbocycles. The van der Waals surface area contributed by atoms with E-state index >= 15 is 0 Å². The molecule has 0 atom stereocenters. The lowest BCUT2D eigenvalue weighted by Gasteiger charge is -2.09. The van der Waals surface area contributed by atoms with Crippen LogP contribution < -0.4 is 15.8 Å². The van der Waals surface area contributed by atoms with Crippen molar-refractivity contribution in [1.82, 2.24) is 10.3 Å². The minimum atomic E-state index is -4.70. The summed E-state index contributed by atoms with van der Waals surface area (Å²) in [6.07, 6.45) is -4.22. The van der Waals surface area contributed by atoms with Crippen molar-refractivity contribution in [3.8, 4) is 5.75 Å². The maximum atomic E-state index is 12.0. The maximum absolute atomic E-state index is 12.0. The van der Waals surface area contributed by atoms with Crippen molar-refractivity contribution >= 4 is 29.7 Å². The summed E-state index contributed by atoms with van der Waals surface area (Å²) in [5.41, 5.74) is 6.51. The van der Waals surface area contributed by atoms with Gasteiger partial charge < -0.3 is 15.8 Å². The first-order valence-corrected chi connectivity index (χ1v) is 7.52. The second-order valence-electron chi connectivity index (χ2n) is 4.53. The topological polar surface area (TPSA) is 77.2 Å². The molecule has 0 spiro atoms. The predicted octanol–water partition coefficient (Wildman–Crippen LogP) is 2.89. The highest BCUT2D eigenvalue weighted by Gasteiger charge is 2.30. The van der Waals surface area contributed by atoms with Crippen LogP contribution in [-0.4, -0.2) is 23.8 Å². The summed E-state index contributed by atoms with van der Waals surface area (Å²) in [4.78, 5) is 15.9. The van der Waals surface area contributed by atoms with Gasteiger partial charge in [-0.25, -0.2) is 4.98 Å². The van der Waals surface area contributed by atoms with Gasteiger partial charge in [0.1, 0.15) is 16.5 Å². The third kappa shape index (κ3) is 6.34. The van der Waals surface area contributed by atoms with Crippen LogP contribution in [0, 0.1) is 0 Å². The van der Waals surface area contributed by atoms with Gasteiger partial charge in [0.2, 0.25) is 0 Å². The highest BCUT2D eigenvalue weighted by atomic mass is 35.5. The SMILES string of the molecule is Cl.NCc1nc(C(=O)NCCc2ccc(OC(F)(F)F)cc2)cs1. The van der Waals surface area contributed by atoms with Gasteiger partial charge in [0.25, 0.3) is 5.91 Å². The molecule has 0 fully saturated rings. The van der Waals surface area contributed by atoms with E-state index in [9.17, 15) is 18.0 Å². The monoisotopic (exact) mass is 381 g/mol. The quantitative estimate of drug-likeness (QED) is 0.806. The van der Waals surface area contributed by atoms with Crippen molar-refractivity contribution in [2.45, 2.75) is 19.3 Å². The molecular formula is C14H15ClF3N3O2S. The number of nitrogens with two attached hydrogens (primary N) is 1. The van der Waals surface area contributed by atoms with Crippen LogP contribution >= 0.6 is 23.7 Å². The van der Waals surface area contributed by atoms with Crippen molar-refractivity contribution in [3.05, 3.63) is 45.9 Å². The number of carbonyl (C=O) groups excluding carboxylic acids is 1. The van der Waals surface area contributed by atoms with Crippen molar-refractivity contribution < 1.29 is 22.7 Å². The molecule has 1 heterocycles. The summed E-state index contributed by atoms with van der Waals surface area (Å²) in [5.74, 6) is -0.583. The van der Waals surface area contributed by atoms with Gasteiger partial charge in [0, 0.05) is 18.5 Å². The van der Waals surface area contributed by atoms with E-state index < -0.39 is 6.36 Å². The Kier molecular flexibility index (Phi) is 7.46. The van der Waals surface area contributed by atoms with Crippen LogP contribution in [0.25, 0.3) is 0 Å². The highest BCUT2D eigenvalue weighted by Crippen LogP contribution is 2.22. The summed E-state index contributed by atoms with van der Waals surface area (Å²) in [7, 11) is 0. The molecule has 0 radical (unpaired) electrons. The van der Waals surface area contributed by atoms with E-state index in [1.165, 1.54) is 35.6 Å². The largest absolute Gasteiger partial charge is 0.573 e. The van der Waals surface area contributed by atoms with E-state index in [1.54, 1.807) is 5.38 Å². The van der Waals surface area contributed by atoms with Gasteiger partial charge >= 0.3 is 6.36 Å². The number of amides is 1. The lowest BCUT2D eigenvalue weighted by atomic mass is 10.1. The van der Waals surface area contributed by atoms with Crippen LogP contribution in [0.5, 0.6) is 5.75 Å². The van der Waals surface area contributed by atoms with E-state index in [2.05, 4.69) is 15.0 Å². The molecule has 24 heavy (non-hydrogen) atoms. The van der Waals surface area contributed by atoms with Crippen LogP contribution in [0.15, 0.2) is 29.6 Å². The molecule has 0 aliphatic rings. The van der Waals surface area contributed by atoms with Crippen molar-refractivity contribution in [3.63, 3.8) is 0 Å². The van der Waals surface area contributed by atoms with Crippen molar-refractivity contribution in [2.75, 3.05) is 6.54 Å². The van der Waals surface area contributed by atoms with Gasteiger partial charge in [-0.05, 0) is 24.1 Å². The van der Waals surface area contributed by atoms with Gasteiger partial charge in [-0.15, -0.1) is 36.9 Å². The molecule has 0 bridgehead atoms. The van der Waals surface area contributed by atoms with Crippen LogP contribution in [0.3, 0.4) is 0 Å². The lowest BCUT2D eigenvalue weighted by Crippen LogP contribution is -2.26. The molecule has 10 heteroatoms. The number of hydrogen-bond donors (Lipinski definition) is 2. The molecule has 5 nitrogen and oxygen atoms in total. The van der Waals surface area contributed by atoms with Crippen LogP contribution in [0.2, 0.25) is 0 Å². The molecule has 2 rings (SSSR count). The summed E-state index contributed by atoms with van der Waals surface area (Å²) in [6, 6.07) is 5.50. The minimum absolute atomic E-state index is 0. The fourth-order valence-corrected chi connectivity index (χ4v) is 2.43. The molecule has 2 aromatic rings. The van der Waals surface area contributed by atoms with Crippen molar-refractivity contribution in [1.29, 1.82) is 0 Å². The van der Waals surface area contributed by atoms with E-state index in [1.807, 2.05) is 0 Å². The Bertz CT molecular complexity index is 662. The molecule has 3 N–H and O–H groups in total. The average Bonchev–Trinajstić information content (AvgIpc) is 2.96. The molecule has 0 unspecified atom stereocenters. The van der Waals surface area contributed by atoms with E-state index in [0.29, 0.717) is 23.7 Å². The van der Waals surface area contributed by atoms with Crippen LogP contribution in [0.1, 0.15) is 21.1 Å². The summed E-state index contributed by atoms with van der Waals surface area (Å²) in [5, 5.41) is 4.99. The number of benzene rings is 1. The molecule has 0 saturated heterocycles. The molecule has 1 amide bonds. The molecule has 132 valence electrons. The fraction of sp³-hybridized carbons (Fsp3) is 0.286. The minimum Gasteiger partial charge on any atom is -0.406 e. The predicted molar refractivity (Wildman–Crippen MR) is 86.4 cm³/mol. The average molecular weight is 382 g/mol. The highest BCUT2D eigenvalue weighted by molar-refractivity contribution is 7.09. The number of aromatic nitrogens is 1. The Morgan fingerprint density at radius 3 is 2.50 bits per heavy atom. The number of rotatable bonds is 6. The third-order valence-electron chi connectivity index (χ3n) is 2.82. The van der Waals surface area contributed by atoms with E-state index in [0.717, 1.165) is 5.56 Å². The number of carbonyl (C=O) groups is 1. The van der Waals surface area contributed by atoms with Gasteiger partial charge in [-0.3, -0.25) is 4.79 Å². The zero-order chi connectivity index (χ0) is 16.9. The molecule has 1 aromatic heterocycles. The van der Waals surface area contributed by atoms with Crippen LogP contribution in [-0.2, 0) is 13.0 Å².